The molecule has 2 heterocycles. The molecule has 0 bridgehead atoms. The van der Waals surface area contributed by atoms with Gasteiger partial charge in [-0.3, -0.25) is 0 Å². The molecule has 0 aliphatic rings. The molecule has 0 radical (unpaired) electrons. The second-order valence-electron chi connectivity index (χ2n) is 5.51. The second-order valence-corrected chi connectivity index (χ2v) is 5.51. The second kappa shape index (κ2) is 7.12. The molecule has 24 heavy (non-hydrogen) atoms. The van der Waals surface area contributed by atoms with Gasteiger partial charge in [0.1, 0.15) is 23.9 Å². The Balaban J connectivity index is 1.66. The molecule has 0 saturated carbocycles. The van der Waals surface area contributed by atoms with E-state index in [0.717, 1.165) is 34.3 Å². The van der Waals surface area contributed by atoms with Crippen LogP contribution in [0.25, 0.3) is 11.4 Å². The van der Waals surface area contributed by atoms with Gasteiger partial charge in [0.2, 0.25) is 0 Å². The third-order valence-electron chi connectivity index (χ3n) is 3.53. The summed E-state index contributed by atoms with van der Waals surface area (Å²) in [5, 5.41) is 7.24. The molecule has 0 aliphatic heterocycles. The third-order valence-corrected chi connectivity index (χ3v) is 3.53. The smallest absolute Gasteiger partial charge is 0.167 e. The molecule has 6 heteroatoms. The zero-order chi connectivity index (χ0) is 16.9. The van der Waals surface area contributed by atoms with E-state index in [2.05, 4.69) is 20.4 Å². The number of hydrogen-bond acceptors (Lipinski definition) is 6. The lowest BCUT2D eigenvalue weighted by Crippen LogP contribution is -2.13. The van der Waals surface area contributed by atoms with Crippen LogP contribution in [0.1, 0.15) is 17.1 Å². The van der Waals surface area contributed by atoms with Crippen molar-refractivity contribution >= 4 is 5.82 Å². The molecular weight excluding hydrogens is 304 g/mol. The number of ether oxygens (including phenoxy) is 1. The molecule has 0 fully saturated rings. The molecule has 0 aliphatic carbocycles. The summed E-state index contributed by atoms with van der Waals surface area (Å²) in [6.07, 6.45) is 0. The van der Waals surface area contributed by atoms with E-state index < -0.39 is 0 Å². The van der Waals surface area contributed by atoms with Crippen molar-refractivity contribution in [2.24, 2.45) is 0 Å². The van der Waals surface area contributed by atoms with E-state index in [9.17, 15) is 0 Å². The van der Waals surface area contributed by atoms with Crippen LogP contribution in [0.15, 0.2) is 40.9 Å². The molecular formula is C18H20N4O2. The van der Waals surface area contributed by atoms with E-state index in [1.807, 2.05) is 57.2 Å². The highest BCUT2D eigenvalue weighted by atomic mass is 16.5. The summed E-state index contributed by atoms with van der Waals surface area (Å²) in [5.41, 5.74) is 2.52. The molecule has 124 valence electrons. The first-order valence-corrected chi connectivity index (χ1v) is 7.84. The third kappa shape index (κ3) is 3.71. The van der Waals surface area contributed by atoms with Crippen molar-refractivity contribution in [1.29, 1.82) is 0 Å². The minimum absolute atomic E-state index is 0.549. The fourth-order valence-corrected chi connectivity index (χ4v) is 2.44. The minimum atomic E-state index is 0.549. The van der Waals surface area contributed by atoms with Crippen LogP contribution in [0, 0.1) is 20.8 Å². The minimum Gasteiger partial charge on any atom is -0.492 e. The molecule has 0 spiro atoms. The van der Waals surface area contributed by atoms with Crippen molar-refractivity contribution in [2.45, 2.75) is 20.8 Å². The predicted octanol–water partition coefficient (Wildman–Crippen LogP) is 3.55. The Hall–Kier alpha value is -2.89. The number of rotatable bonds is 6. The highest BCUT2D eigenvalue weighted by Gasteiger charge is 2.15. The van der Waals surface area contributed by atoms with Gasteiger partial charge in [0.25, 0.3) is 0 Å². The van der Waals surface area contributed by atoms with Gasteiger partial charge >= 0.3 is 0 Å². The van der Waals surface area contributed by atoms with Crippen molar-refractivity contribution in [3.63, 3.8) is 0 Å². The highest BCUT2D eigenvalue weighted by molar-refractivity contribution is 5.62. The lowest BCUT2D eigenvalue weighted by atomic mass is 10.2. The number of anilines is 1. The first kappa shape index (κ1) is 16.0. The maximum Gasteiger partial charge on any atom is 0.167 e. The lowest BCUT2D eigenvalue weighted by Gasteiger charge is -2.10. The number of para-hydroxylation sites is 1. The summed E-state index contributed by atoms with van der Waals surface area (Å²) in [5.74, 6) is 2.96. The zero-order valence-electron chi connectivity index (χ0n) is 14.0. The largest absolute Gasteiger partial charge is 0.492 e. The highest BCUT2D eigenvalue weighted by Crippen LogP contribution is 2.24. The van der Waals surface area contributed by atoms with Crippen molar-refractivity contribution in [2.75, 3.05) is 18.5 Å². The summed E-state index contributed by atoms with van der Waals surface area (Å²) in [6, 6.07) is 11.6. The number of nitrogens with one attached hydrogen (secondary N) is 1. The average molecular weight is 324 g/mol. The van der Waals surface area contributed by atoms with Crippen LogP contribution in [0.4, 0.5) is 5.82 Å². The number of nitrogens with zero attached hydrogens (tertiary/aromatic N) is 3. The first-order chi connectivity index (χ1) is 11.6. The van der Waals surface area contributed by atoms with Crippen LogP contribution in [0.2, 0.25) is 0 Å². The molecule has 0 amide bonds. The summed E-state index contributed by atoms with van der Waals surface area (Å²) in [7, 11) is 0. The topological polar surface area (TPSA) is 73.1 Å². The van der Waals surface area contributed by atoms with Crippen LogP contribution in [-0.2, 0) is 0 Å². The Morgan fingerprint density at radius 3 is 2.58 bits per heavy atom. The van der Waals surface area contributed by atoms with Gasteiger partial charge in [-0.05, 0) is 32.9 Å². The summed E-state index contributed by atoms with van der Waals surface area (Å²) in [4.78, 5) is 9.06. The quantitative estimate of drug-likeness (QED) is 0.699. The molecule has 6 nitrogen and oxygen atoms in total. The van der Waals surface area contributed by atoms with E-state index in [4.69, 9.17) is 9.26 Å². The normalized spacial score (nSPS) is 10.6. The van der Waals surface area contributed by atoms with Crippen LogP contribution < -0.4 is 10.1 Å². The van der Waals surface area contributed by atoms with E-state index >= 15 is 0 Å². The Morgan fingerprint density at radius 1 is 1.08 bits per heavy atom. The van der Waals surface area contributed by atoms with Gasteiger partial charge < -0.3 is 14.6 Å². The predicted molar refractivity (Wildman–Crippen MR) is 92.2 cm³/mol. The van der Waals surface area contributed by atoms with Crippen molar-refractivity contribution in [1.82, 2.24) is 15.1 Å². The van der Waals surface area contributed by atoms with Crippen molar-refractivity contribution < 1.29 is 9.26 Å². The maximum absolute atomic E-state index is 5.67. The molecule has 0 saturated heterocycles. The van der Waals surface area contributed by atoms with Crippen molar-refractivity contribution in [3.05, 3.63) is 53.5 Å². The van der Waals surface area contributed by atoms with Crippen molar-refractivity contribution in [3.8, 4) is 17.1 Å². The Kier molecular flexibility index (Phi) is 4.74. The van der Waals surface area contributed by atoms with Gasteiger partial charge in [-0.1, -0.05) is 23.4 Å². The average Bonchev–Trinajstić information content (AvgIpc) is 2.91. The molecule has 1 N–H and O–H groups in total. The van der Waals surface area contributed by atoms with E-state index in [1.54, 1.807) is 0 Å². The van der Waals surface area contributed by atoms with Crippen LogP contribution >= 0.6 is 0 Å². The van der Waals surface area contributed by atoms with Crippen LogP contribution in [0.3, 0.4) is 0 Å². The molecule has 0 atom stereocenters. The molecule has 3 aromatic rings. The molecule has 1 aromatic carbocycles. The fourth-order valence-electron chi connectivity index (χ4n) is 2.44. The Labute approximate surface area is 140 Å². The number of benzene rings is 1. The Bertz CT molecular complexity index is 796. The maximum atomic E-state index is 5.67. The molecule has 0 unspecified atom stereocenters. The number of hydrogen-bond donors (Lipinski definition) is 1. The van der Waals surface area contributed by atoms with Gasteiger partial charge in [-0.25, -0.2) is 9.97 Å². The number of aryl methyl sites for hydroxylation is 3. The monoisotopic (exact) mass is 324 g/mol. The standard InChI is InChI=1S/C18H20N4O2/c1-12-11-16(19-9-10-23-15-7-5-4-6-8-15)21-18(20-12)17-13(2)22-24-14(17)3/h4-8,11H,9-10H2,1-3H3,(H,19,20,21). The Morgan fingerprint density at radius 2 is 1.88 bits per heavy atom. The first-order valence-electron chi connectivity index (χ1n) is 7.84. The van der Waals surface area contributed by atoms with E-state index in [0.29, 0.717) is 19.0 Å². The zero-order valence-corrected chi connectivity index (χ0v) is 14.0. The van der Waals surface area contributed by atoms with E-state index in [-0.39, 0.29) is 0 Å². The molecule has 3 rings (SSSR count). The van der Waals surface area contributed by atoms with Gasteiger partial charge in [0.15, 0.2) is 5.82 Å². The SMILES string of the molecule is Cc1cc(NCCOc2ccccc2)nc(-c2c(C)noc2C)n1. The molecule has 2 aromatic heterocycles. The van der Waals surface area contributed by atoms with Gasteiger partial charge in [-0.2, -0.15) is 0 Å². The van der Waals surface area contributed by atoms with E-state index in [1.165, 1.54) is 0 Å². The van der Waals surface area contributed by atoms with Gasteiger partial charge in [0, 0.05) is 11.8 Å². The van der Waals surface area contributed by atoms with Gasteiger partial charge in [0.05, 0.1) is 17.8 Å². The fraction of sp³-hybridized carbons (Fsp3) is 0.278. The van der Waals surface area contributed by atoms with Crippen LogP contribution in [-0.4, -0.2) is 28.3 Å². The summed E-state index contributed by atoms with van der Waals surface area (Å²) in [6.45, 7) is 6.88. The van der Waals surface area contributed by atoms with Crippen LogP contribution in [0.5, 0.6) is 5.75 Å². The summed E-state index contributed by atoms with van der Waals surface area (Å²) >= 11 is 0. The summed E-state index contributed by atoms with van der Waals surface area (Å²) < 4.78 is 10.9. The van der Waals surface area contributed by atoms with Gasteiger partial charge in [-0.15, -0.1) is 0 Å². The number of aromatic nitrogens is 3. The lowest BCUT2D eigenvalue weighted by molar-refractivity contribution is 0.333.